The first kappa shape index (κ1) is 11.3. The highest BCUT2D eigenvalue weighted by atomic mass is 16.4. The Morgan fingerprint density at radius 3 is 2.47 bits per heavy atom. The van der Waals surface area contributed by atoms with E-state index >= 15 is 0 Å². The summed E-state index contributed by atoms with van der Waals surface area (Å²) in [4.78, 5) is 10.7. The van der Waals surface area contributed by atoms with E-state index in [-0.39, 0.29) is 17.9 Å². The molecule has 0 spiro atoms. The zero-order valence-corrected chi connectivity index (χ0v) is 8.27. The first-order valence-corrected chi connectivity index (χ1v) is 4.36. The van der Waals surface area contributed by atoms with Crippen LogP contribution in [0.15, 0.2) is 18.2 Å². The van der Waals surface area contributed by atoms with Crippen LogP contribution in [-0.4, -0.2) is 26.8 Å². The number of nitrogens with two attached hydrogens (primary N) is 1. The maximum Gasteiger partial charge on any atom is 0.323 e. The molecule has 1 atom stereocenters. The van der Waals surface area contributed by atoms with Crippen LogP contribution >= 0.6 is 0 Å². The first-order valence-electron chi connectivity index (χ1n) is 4.36. The molecule has 0 aliphatic rings. The number of aliphatic carboxylic acids is 1. The van der Waals surface area contributed by atoms with E-state index in [2.05, 4.69) is 0 Å². The summed E-state index contributed by atoms with van der Waals surface area (Å²) in [7, 11) is 0. The molecule has 0 amide bonds. The van der Waals surface area contributed by atoms with Crippen molar-refractivity contribution in [2.75, 3.05) is 0 Å². The number of aromatic hydroxyl groups is 2. The first-order chi connectivity index (χ1) is 6.83. The fourth-order valence-electron chi connectivity index (χ4n) is 1.18. The molecule has 1 rings (SSSR count). The van der Waals surface area contributed by atoms with Crippen molar-refractivity contribution in [1.82, 2.24) is 0 Å². The van der Waals surface area contributed by atoms with Gasteiger partial charge in [0, 0.05) is 6.42 Å². The second-order valence-electron chi connectivity index (χ2n) is 3.72. The van der Waals surface area contributed by atoms with Gasteiger partial charge in [0.25, 0.3) is 0 Å². The Morgan fingerprint density at radius 1 is 1.40 bits per heavy atom. The zero-order valence-electron chi connectivity index (χ0n) is 8.27. The van der Waals surface area contributed by atoms with Crippen molar-refractivity contribution in [1.29, 1.82) is 0 Å². The molecular weight excluding hydrogens is 198 g/mol. The molecule has 1 aromatic carbocycles. The molecule has 0 aliphatic heterocycles. The molecule has 0 aliphatic carbocycles. The third kappa shape index (κ3) is 2.60. The minimum atomic E-state index is -1.39. The van der Waals surface area contributed by atoms with E-state index in [9.17, 15) is 9.90 Å². The minimum Gasteiger partial charge on any atom is -0.504 e. The predicted octanol–water partition coefficient (Wildman–Crippen LogP) is 0.442. The van der Waals surface area contributed by atoms with Crippen LogP contribution in [0.2, 0.25) is 0 Å². The molecule has 0 bridgehead atoms. The van der Waals surface area contributed by atoms with Crippen molar-refractivity contribution >= 4 is 5.97 Å². The lowest BCUT2D eigenvalue weighted by atomic mass is 9.94. The number of hydrogen-bond donors (Lipinski definition) is 4. The third-order valence-corrected chi connectivity index (χ3v) is 2.10. The number of rotatable bonds is 3. The highest BCUT2D eigenvalue weighted by Crippen LogP contribution is 2.26. The Labute approximate surface area is 86.8 Å². The van der Waals surface area contributed by atoms with Crippen LogP contribution in [0, 0.1) is 0 Å². The zero-order chi connectivity index (χ0) is 11.6. The molecular formula is C10H13NO4. The van der Waals surface area contributed by atoms with E-state index in [0.29, 0.717) is 5.56 Å². The topological polar surface area (TPSA) is 104 Å². The van der Waals surface area contributed by atoms with Crippen LogP contribution < -0.4 is 5.73 Å². The Kier molecular flexibility index (Phi) is 2.85. The summed E-state index contributed by atoms with van der Waals surface area (Å²) in [6.45, 7) is 1.39. The van der Waals surface area contributed by atoms with E-state index < -0.39 is 11.5 Å². The normalized spacial score (nSPS) is 14.5. The van der Waals surface area contributed by atoms with Crippen LogP contribution in [0.3, 0.4) is 0 Å². The molecule has 82 valence electrons. The van der Waals surface area contributed by atoms with E-state index in [1.807, 2.05) is 0 Å². The number of phenolic OH excluding ortho intramolecular Hbond substituents is 2. The number of phenols is 2. The number of carboxylic acids is 1. The van der Waals surface area contributed by atoms with Crippen LogP contribution in [0.4, 0.5) is 0 Å². The van der Waals surface area contributed by atoms with Gasteiger partial charge in [-0.1, -0.05) is 6.07 Å². The summed E-state index contributed by atoms with van der Waals surface area (Å²) in [5.41, 5.74) is 4.70. The van der Waals surface area contributed by atoms with Gasteiger partial charge in [-0.3, -0.25) is 4.79 Å². The quantitative estimate of drug-likeness (QED) is 0.543. The molecule has 0 heterocycles. The third-order valence-electron chi connectivity index (χ3n) is 2.10. The van der Waals surface area contributed by atoms with Gasteiger partial charge in [0.05, 0.1) is 0 Å². The Hall–Kier alpha value is -1.75. The summed E-state index contributed by atoms with van der Waals surface area (Å²) in [5.74, 6) is -1.64. The molecule has 0 saturated carbocycles. The van der Waals surface area contributed by atoms with E-state index in [4.69, 9.17) is 15.9 Å². The number of hydrogen-bond acceptors (Lipinski definition) is 4. The summed E-state index contributed by atoms with van der Waals surface area (Å²) in [5, 5.41) is 27.0. The van der Waals surface area contributed by atoms with Gasteiger partial charge in [0.2, 0.25) is 0 Å². The van der Waals surface area contributed by atoms with Crippen LogP contribution in [-0.2, 0) is 11.2 Å². The lowest BCUT2D eigenvalue weighted by Crippen LogP contribution is -2.46. The maximum absolute atomic E-state index is 10.7. The lowest BCUT2D eigenvalue weighted by Gasteiger charge is -2.19. The summed E-state index contributed by atoms with van der Waals surface area (Å²) in [6, 6.07) is 4.11. The summed E-state index contributed by atoms with van der Waals surface area (Å²) >= 11 is 0. The van der Waals surface area contributed by atoms with Gasteiger partial charge >= 0.3 is 5.97 Å². The van der Waals surface area contributed by atoms with E-state index in [1.165, 1.54) is 25.1 Å². The Balaban J connectivity index is 2.91. The van der Waals surface area contributed by atoms with Crippen molar-refractivity contribution < 1.29 is 20.1 Å². The molecule has 5 N–H and O–H groups in total. The van der Waals surface area contributed by atoms with Crippen LogP contribution in [0.25, 0.3) is 0 Å². The van der Waals surface area contributed by atoms with Gasteiger partial charge in [-0.05, 0) is 24.6 Å². The van der Waals surface area contributed by atoms with Crippen LogP contribution in [0.5, 0.6) is 11.5 Å². The van der Waals surface area contributed by atoms with Gasteiger partial charge in [-0.25, -0.2) is 0 Å². The van der Waals surface area contributed by atoms with Gasteiger partial charge in [0.1, 0.15) is 5.54 Å². The van der Waals surface area contributed by atoms with Gasteiger partial charge in [0.15, 0.2) is 11.5 Å². The highest BCUT2D eigenvalue weighted by Gasteiger charge is 2.28. The molecule has 5 heteroatoms. The van der Waals surface area contributed by atoms with Gasteiger partial charge in [-0.2, -0.15) is 0 Å². The molecule has 1 aromatic rings. The van der Waals surface area contributed by atoms with Crippen LogP contribution in [0.1, 0.15) is 12.5 Å². The molecule has 15 heavy (non-hydrogen) atoms. The molecule has 5 nitrogen and oxygen atoms in total. The van der Waals surface area contributed by atoms with E-state index in [1.54, 1.807) is 0 Å². The second kappa shape index (κ2) is 3.78. The van der Waals surface area contributed by atoms with Crippen molar-refractivity contribution in [3.63, 3.8) is 0 Å². The van der Waals surface area contributed by atoms with Crippen molar-refractivity contribution in [2.45, 2.75) is 18.9 Å². The SMILES string of the molecule is C[C@@](N)(Cc1ccc(O)c(O)c1)C(=O)O. The lowest BCUT2D eigenvalue weighted by molar-refractivity contribution is -0.142. The average Bonchev–Trinajstić information content (AvgIpc) is 2.10. The Bertz CT molecular complexity index is 387. The molecule has 0 aromatic heterocycles. The number of carboxylic acid groups (broad SMARTS) is 1. The van der Waals surface area contributed by atoms with Crippen molar-refractivity contribution in [3.05, 3.63) is 23.8 Å². The second-order valence-corrected chi connectivity index (χ2v) is 3.72. The smallest absolute Gasteiger partial charge is 0.323 e. The number of carbonyl (C=O) groups is 1. The molecule has 0 fully saturated rings. The standard InChI is InChI=1S/C10H13NO4/c1-10(11,9(14)15)5-6-2-3-7(12)8(13)4-6/h2-4,12-13H,5,11H2,1H3,(H,14,15)/t10-/m1/s1. The monoisotopic (exact) mass is 211 g/mol. The van der Waals surface area contributed by atoms with Gasteiger partial charge < -0.3 is 21.1 Å². The Morgan fingerprint density at radius 2 is 2.00 bits per heavy atom. The predicted molar refractivity (Wildman–Crippen MR) is 53.7 cm³/mol. The van der Waals surface area contributed by atoms with E-state index in [0.717, 1.165) is 0 Å². The summed E-state index contributed by atoms with van der Waals surface area (Å²) < 4.78 is 0. The molecule has 0 unspecified atom stereocenters. The fraction of sp³-hybridized carbons (Fsp3) is 0.300. The minimum absolute atomic E-state index is 0.0795. The largest absolute Gasteiger partial charge is 0.504 e. The molecule has 0 radical (unpaired) electrons. The number of benzene rings is 1. The fourth-order valence-corrected chi connectivity index (χ4v) is 1.18. The highest BCUT2D eigenvalue weighted by molar-refractivity contribution is 5.78. The summed E-state index contributed by atoms with van der Waals surface area (Å²) in [6.07, 6.45) is 0.0795. The maximum atomic E-state index is 10.7. The van der Waals surface area contributed by atoms with Gasteiger partial charge in [-0.15, -0.1) is 0 Å². The van der Waals surface area contributed by atoms with Crippen molar-refractivity contribution in [2.24, 2.45) is 5.73 Å². The average molecular weight is 211 g/mol. The van der Waals surface area contributed by atoms with Crippen molar-refractivity contribution in [3.8, 4) is 11.5 Å². The molecule has 0 saturated heterocycles.